The second kappa shape index (κ2) is 6.50. The van der Waals surface area contributed by atoms with Crippen molar-refractivity contribution in [2.75, 3.05) is 0 Å². The van der Waals surface area contributed by atoms with Gasteiger partial charge in [-0.3, -0.25) is 4.79 Å². The number of carboxylic acids is 1. The molecule has 0 aliphatic heterocycles. The molecule has 6 heteroatoms. The quantitative estimate of drug-likeness (QED) is 0.878. The molecule has 2 rings (SSSR count). The smallest absolute Gasteiger partial charge is 0.335 e. The fourth-order valence-corrected chi connectivity index (χ4v) is 3.25. The summed E-state index contributed by atoms with van der Waals surface area (Å²) < 4.78 is 0. The van der Waals surface area contributed by atoms with Crippen molar-refractivity contribution >= 4 is 23.2 Å². The third-order valence-electron chi connectivity index (χ3n) is 3.77. The molecule has 2 N–H and O–H groups in total. The van der Waals surface area contributed by atoms with Crippen LogP contribution in [0.4, 0.5) is 0 Å². The second-order valence-corrected chi connectivity index (χ2v) is 6.68. The van der Waals surface area contributed by atoms with Crippen LogP contribution in [0.1, 0.15) is 57.2 Å². The number of aromatic carboxylic acids is 1. The summed E-state index contributed by atoms with van der Waals surface area (Å²) in [6.07, 6.45) is 0.684. The van der Waals surface area contributed by atoms with Crippen LogP contribution < -0.4 is 5.32 Å². The Bertz CT molecular complexity index is 754. The molecule has 0 saturated heterocycles. The molecule has 0 saturated carbocycles. The van der Waals surface area contributed by atoms with Crippen LogP contribution in [0, 0.1) is 13.8 Å². The average Bonchev–Trinajstić information content (AvgIpc) is 2.93. The van der Waals surface area contributed by atoms with Crippen LogP contribution in [0.15, 0.2) is 23.6 Å². The van der Waals surface area contributed by atoms with Crippen molar-refractivity contribution in [3.05, 3.63) is 51.0 Å². The van der Waals surface area contributed by atoms with Crippen molar-refractivity contribution in [3.8, 4) is 0 Å². The maximum Gasteiger partial charge on any atom is 0.335 e. The summed E-state index contributed by atoms with van der Waals surface area (Å²) in [7, 11) is 0. The maximum absolute atomic E-state index is 12.6. The predicted molar refractivity (Wildman–Crippen MR) is 90.1 cm³/mol. The van der Waals surface area contributed by atoms with E-state index in [9.17, 15) is 9.59 Å². The van der Waals surface area contributed by atoms with Gasteiger partial charge in [-0.05, 0) is 51.0 Å². The minimum Gasteiger partial charge on any atom is -0.478 e. The minimum atomic E-state index is -1.04. The van der Waals surface area contributed by atoms with Crippen LogP contribution in [0.3, 0.4) is 0 Å². The van der Waals surface area contributed by atoms with Crippen molar-refractivity contribution in [3.63, 3.8) is 0 Å². The number of benzene rings is 1. The summed E-state index contributed by atoms with van der Waals surface area (Å²) in [5.74, 6) is -1.34. The summed E-state index contributed by atoms with van der Waals surface area (Å²) in [4.78, 5) is 28.2. The van der Waals surface area contributed by atoms with Crippen LogP contribution in [0.25, 0.3) is 0 Å². The Morgan fingerprint density at radius 2 is 1.91 bits per heavy atom. The standard InChI is InChI=1S/C17H20N2O3S/c1-5-17(4,16-18-11(3)9-23-16)19-14(20)12-6-10(2)7-13(8-12)15(21)22/h6-9H,5H2,1-4H3,(H,19,20)(H,21,22). The Kier molecular flexibility index (Phi) is 4.85. The zero-order valence-electron chi connectivity index (χ0n) is 13.6. The molecule has 1 heterocycles. The van der Waals surface area contributed by atoms with Gasteiger partial charge in [0.2, 0.25) is 0 Å². The fourth-order valence-electron chi connectivity index (χ4n) is 2.26. The number of hydrogen-bond acceptors (Lipinski definition) is 4. The first kappa shape index (κ1) is 17.1. The second-order valence-electron chi connectivity index (χ2n) is 5.83. The van der Waals surface area contributed by atoms with Gasteiger partial charge in [0.05, 0.1) is 11.1 Å². The molecule has 2 aromatic rings. The highest BCUT2D eigenvalue weighted by molar-refractivity contribution is 7.09. The van der Waals surface area contributed by atoms with Crippen LogP contribution in [-0.4, -0.2) is 22.0 Å². The average molecular weight is 332 g/mol. The molecule has 1 atom stereocenters. The highest BCUT2D eigenvalue weighted by Gasteiger charge is 2.30. The molecule has 0 fully saturated rings. The summed E-state index contributed by atoms with van der Waals surface area (Å²) >= 11 is 1.51. The van der Waals surface area contributed by atoms with E-state index in [1.165, 1.54) is 17.4 Å². The van der Waals surface area contributed by atoms with E-state index in [2.05, 4.69) is 10.3 Å². The van der Waals surface area contributed by atoms with Gasteiger partial charge in [0.1, 0.15) is 5.01 Å². The molecule has 0 aliphatic rings. The van der Waals surface area contributed by atoms with Gasteiger partial charge in [-0.2, -0.15) is 0 Å². The third-order valence-corrected chi connectivity index (χ3v) is 5.00. The van der Waals surface area contributed by atoms with E-state index in [1.807, 2.05) is 26.2 Å². The normalized spacial score (nSPS) is 13.4. The monoisotopic (exact) mass is 332 g/mol. The predicted octanol–water partition coefficient (Wildman–Crippen LogP) is 3.51. The lowest BCUT2D eigenvalue weighted by molar-refractivity contribution is 0.0696. The van der Waals surface area contributed by atoms with Gasteiger partial charge in [0.15, 0.2) is 0 Å². The largest absolute Gasteiger partial charge is 0.478 e. The van der Waals surface area contributed by atoms with Crippen molar-refractivity contribution < 1.29 is 14.7 Å². The topological polar surface area (TPSA) is 79.3 Å². The van der Waals surface area contributed by atoms with Crippen molar-refractivity contribution in [2.24, 2.45) is 0 Å². The molecule has 0 aliphatic carbocycles. The van der Waals surface area contributed by atoms with Crippen LogP contribution >= 0.6 is 11.3 Å². The maximum atomic E-state index is 12.6. The number of carbonyl (C=O) groups is 2. The first-order chi connectivity index (χ1) is 10.7. The molecule has 5 nitrogen and oxygen atoms in total. The molecule has 0 spiro atoms. The Labute approximate surface area is 139 Å². The number of carboxylic acid groups (broad SMARTS) is 1. The van der Waals surface area contributed by atoms with E-state index >= 15 is 0 Å². The Morgan fingerprint density at radius 1 is 1.26 bits per heavy atom. The van der Waals surface area contributed by atoms with Crippen molar-refractivity contribution in [1.82, 2.24) is 10.3 Å². The number of nitrogens with one attached hydrogen (secondary N) is 1. The summed E-state index contributed by atoms with van der Waals surface area (Å²) in [5, 5.41) is 14.9. The van der Waals surface area contributed by atoms with Gasteiger partial charge in [-0.1, -0.05) is 6.92 Å². The highest BCUT2D eigenvalue weighted by Crippen LogP contribution is 2.28. The van der Waals surface area contributed by atoms with Crippen LogP contribution in [0.5, 0.6) is 0 Å². The lowest BCUT2D eigenvalue weighted by atomic mass is 9.98. The fraction of sp³-hybridized carbons (Fsp3) is 0.353. The number of nitrogens with zero attached hydrogens (tertiary/aromatic N) is 1. The number of carbonyl (C=O) groups excluding carboxylic acids is 1. The van der Waals surface area contributed by atoms with Gasteiger partial charge in [-0.25, -0.2) is 9.78 Å². The molecule has 1 aromatic carbocycles. The molecule has 0 radical (unpaired) electrons. The van der Waals surface area contributed by atoms with E-state index in [1.54, 1.807) is 19.1 Å². The molecular weight excluding hydrogens is 312 g/mol. The molecule has 1 amide bonds. The Morgan fingerprint density at radius 3 is 2.43 bits per heavy atom. The van der Waals surface area contributed by atoms with E-state index in [0.717, 1.165) is 16.3 Å². The van der Waals surface area contributed by atoms with Gasteiger partial charge < -0.3 is 10.4 Å². The SMILES string of the molecule is CCC(C)(NC(=O)c1cc(C)cc(C(=O)O)c1)c1nc(C)cs1. The number of hydrogen-bond donors (Lipinski definition) is 2. The van der Waals surface area contributed by atoms with E-state index in [4.69, 9.17) is 5.11 Å². The lowest BCUT2D eigenvalue weighted by Crippen LogP contribution is -2.43. The number of aromatic nitrogens is 1. The van der Waals surface area contributed by atoms with Crippen LogP contribution in [0.2, 0.25) is 0 Å². The molecule has 1 unspecified atom stereocenters. The first-order valence-electron chi connectivity index (χ1n) is 7.35. The highest BCUT2D eigenvalue weighted by atomic mass is 32.1. The number of amides is 1. The molecule has 23 heavy (non-hydrogen) atoms. The van der Waals surface area contributed by atoms with Gasteiger partial charge >= 0.3 is 5.97 Å². The Balaban J connectivity index is 2.32. The zero-order chi connectivity index (χ0) is 17.2. The minimum absolute atomic E-state index is 0.110. The van der Waals surface area contributed by atoms with Gasteiger partial charge in [0, 0.05) is 16.6 Å². The van der Waals surface area contributed by atoms with E-state index in [-0.39, 0.29) is 11.5 Å². The summed E-state index contributed by atoms with van der Waals surface area (Å²) in [6, 6.07) is 4.63. The van der Waals surface area contributed by atoms with Gasteiger partial charge in [-0.15, -0.1) is 11.3 Å². The molecule has 0 bridgehead atoms. The summed E-state index contributed by atoms with van der Waals surface area (Å²) in [6.45, 7) is 7.59. The van der Waals surface area contributed by atoms with Crippen molar-refractivity contribution in [1.29, 1.82) is 0 Å². The van der Waals surface area contributed by atoms with E-state index in [0.29, 0.717) is 12.0 Å². The van der Waals surface area contributed by atoms with Crippen molar-refractivity contribution in [2.45, 2.75) is 39.7 Å². The Hall–Kier alpha value is -2.21. The molecule has 122 valence electrons. The number of aryl methyl sites for hydroxylation is 2. The lowest BCUT2D eigenvalue weighted by Gasteiger charge is -2.27. The number of rotatable bonds is 5. The third kappa shape index (κ3) is 3.76. The van der Waals surface area contributed by atoms with Crippen LogP contribution in [-0.2, 0) is 5.54 Å². The summed E-state index contributed by atoms with van der Waals surface area (Å²) in [5.41, 5.74) is 1.53. The number of thiazole rings is 1. The first-order valence-corrected chi connectivity index (χ1v) is 8.23. The molecular formula is C17H20N2O3S. The zero-order valence-corrected chi connectivity index (χ0v) is 14.5. The van der Waals surface area contributed by atoms with Gasteiger partial charge in [0.25, 0.3) is 5.91 Å². The van der Waals surface area contributed by atoms with E-state index < -0.39 is 11.5 Å². The molecule has 1 aromatic heterocycles.